The second-order valence-corrected chi connectivity index (χ2v) is 6.03. The molecule has 0 bridgehead atoms. The van der Waals surface area contributed by atoms with Crippen molar-refractivity contribution in [1.29, 1.82) is 0 Å². The molecule has 0 aliphatic heterocycles. The van der Waals surface area contributed by atoms with Crippen molar-refractivity contribution in [3.05, 3.63) is 0 Å². The van der Waals surface area contributed by atoms with E-state index in [-0.39, 0.29) is 5.92 Å². The van der Waals surface area contributed by atoms with Crippen LogP contribution in [0.2, 0.25) is 0 Å². The molecular weight excluding hydrogens is 256 g/mol. The van der Waals surface area contributed by atoms with Crippen LogP contribution in [-0.4, -0.2) is 26.2 Å². The molecule has 0 radical (unpaired) electrons. The summed E-state index contributed by atoms with van der Waals surface area (Å²) in [5.74, 6) is -0.473. The number of esters is 2. The number of carbonyl (C=O) groups is 2. The van der Waals surface area contributed by atoms with Gasteiger partial charge in [-0.2, -0.15) is 0 Å². The summed E-state index contributed by atoms with van der Waals surface area (Å²) in [5.41, 5.74) is -1.10. The third-order valence-electron chi connectivity index (χ3n) is 4.60. The van der Waals surface area contributed by atoms with Crippen LogP contribution < -0.4 is 0 Å². The fourth-order valence-corrected chi connectivity index (χ4v) is 3.68. The molecule has 4 nitrogen and oxygen atoms in total. The first-order valence-corrected chi connectivity index (χ1v) is 7.69. The van der Waals surface area contributed by atoms with Gasteiger partial charge in [0.05, 0.1) is 14.2 Å². The van der Waals surface area contributed by atoms with Crippen LogP contribution in [0.5, 0.6) is 0 Å². The highest BCUT2D eigenvalue weighted by molar-refractivity contribution is 6.00. The Hall–Kier alpha value is -1.06. The van der Waals surface area contributed by atoms with Crippen LogP contribution in [0.3, 0.4) is 0 Å². The zero-order valence-corrected chi connectivity index (χ0v) is 13.2. The zero-order valence-electron chi connectivity index (χ0n) is 13.2. The molecule has 1 aliphatic rings. The molecule has 0 aromatic carbocycles. The maximum absolute atomic E-state index is 12.4. The van der Waals surface area contributed by atoms with E-state index in [0.717, 1.165) is 38.5 Å². The molecule has 1 fully saturated rings. The molecule has 0 aromatic heterocycles. The number of rotatable bonds is 7. The molecule has 1 aliphatic carbocycles. The minimum atomic E-state index is -1.10. The highest BCUT2D eigenvalue weighted by Gasteiger charge is 2.55. The number of ether oxygens (including phenoxy) is 2. The topological polar surface area (TPSA) is 52.6 Å². The van der Waals surface area contributed by atoms with E-state index in [2.05, 4.69) is 13.8 Å². The second kappa shape index (κ2) is 7.65. The summed E-state index contributed by atoms with van der Waals surface area (Å²) in [6.45, 7) is 4.21. The van der Waals surface area contributed by atoms with Crippen LogP contribution in [0.25, 0.3) is 0 Å². The van der Waals surface area contributed by atoms with Gasteiger partial charge in [-0.25, -0.2) is 0 Å². The SMILES string of the molecule is CCCC(C)CC(C(=O)OC)(C(=O)OC)C1CCCC1. The Morgan fingerprint density at radius 2 is 1.65 bits per heavy atom. The molecule has 0 N–H and O–H groups in total. The van der Waals surface area contributed by atoms with Gasteiger partial charge < -0.3 is 9.47 Å². The zero-order chi connectivity index (χ0) is 15.2. The minimum absolute atomic E-state index is 0.0571. The van der Waals surface area contributed by atoms with Crippen molar-refractivity contribution in [2.45, 2.75) is 58.8 Å². The standard InChI is InChI=1S/C16H28O4/c1-5-8-12(2)11-16(14(17)19-3,15(18)20-4)13-9-6-7-10-13/h12-13H,5-11H2,1-4H3. The molecule has 1 unspecified atom stereocenters. The highest BCUT2D eigenvalue weighted by atomic mass is 16.5. The summed E-state index contributed by atoms with van der Waals surface area (Å²) in [6, 6.07) is 0. The predicted molar refractivity (Wildman–Crippen MR) is 77.1 cm³/mol. The molecule has 4 heteroatoms. The molecule has 20 heavy (non-hydrogen) atoms. The Balaban J connectivity index is 3.10. The van der Waals surface area contributed by atoms with Gasteiger partial charge in [-0.3, -0.25) is 9.59 Å². The summed E-state index contributed by atoms with van der Waals surface area (Å²) in [6.07, 6.45) is 6.54. The van der Waals surface area contributed by atoms with Crippen molar-refractivity contribution in [3.63, 3.8) is 0 Å². The van der Waals surface area contributed by atoms with E-state index in [1.807, 2.05) is 0 Å². The molecule has 1 rings (SSSR count). The van der Waals surface area contributed by atoms with Crippen LogP contribution in [-0.2, 0) is 19.1 Å². The van der Waals surface area contributed by atoms with Gasteiger partial charge in [0.1, 0.15) is 0 Å². The van der Waals surface area contributed by atoms with Crippen LogP contribution >= 0.6 is 0 Å². The van der Waals surface area contributed by atoms with Gasteiger partial charge in [-0.1, -0.05) is 39.5 Å². The Kier molecular flexibility index (Phi) is 6.50. The molecule has 0 saturated heterocycles. The highest BCUT2D eigenvalue weighted by Crippen LogP contribution is 2.46. The average Bonchev–Trinajstić information content (AvgIpc) is 2.97. The van der Waals surface area contributed by atoms with Gasteiger partial charge in [0.2, 0.25) is 0 Å². The Morgan fingerprint density at radius 1 is 1.15 bits per heavy atom. The minimum Gasteiger partial charge on any atom is -0.468 e. The van der Waals surface area contributed by atoms with Crippen molar-refractivity contribution in [1.82, 2.24) is 0 Å². The normalized spacial score (nSPS) is 17.8. The van der Waals surface area contributed by atoms with Gasteiger partial charge in [0.25, 0.3) is 0 Å². The summed E-state index contributed by atoms with van der Waals surface area (Å²) >= 11 is 0. The Bertz CT molecular complexity index is 315. The number of hydrogen-bond donors (Lipinski definition) is 0. The van der Waals surface area contributed by atoms with Crippen LogP contribution in [0.4, 0.5) is 0 Å². The van der Waals surface area contributed by atoms with Gasteiger partial charge in [0, 0.05) is 0 Å². The third-order valence-corrected chi connectivity index (χ3v) is 4.60. The predicted octanol–water partition coefficient (Wildman–Crippen LogP) is 3.34. The van der Waals surface area contributed by atoms with Crippen molar-refractivity contribution in [3.8, 4) is 0 Å². The molecule has 1 atom stereocenters. The van der Waals surface area contributed by atoms with Gasteiger partial charge in [-0.05, 0) is 31.1 Å². The lowest BCUT2D eigenvalue weighted by molar-refractivity contribution is -0.175. The summed E-state index contributed by atoms with van der Waals surface area (Å²) in [4.78, 5) is 24.9. The molecule has 0 amide bonds. The van der Waals surface area contributed by atoms with Crippen molar-refractivity contribution < 1.29 is 19.1 Å². The van der Waals surface area contributed by atoms with E-state index in [0.29, 0.717) is 12.3 Å². The van der Waals surface area contributed by atoms with Crippen LogP contribution in [0.1, 0.15) is 58.8 Å². The lowest BCUT2D eigenvalue weighted by atomic mass is 9.68. The first-order valence-electron chi connectivity index (χ1n) is 7.69. The van der Waals surface area contributed by atoms with Crippen molar-refractivity contribution >= 4 is 11.9 Å². The lowest BCUT2D eigenvalue weighted by Gasteiger charge is -2.35. The van der Waals surface area contributed by atoms with Crippen LogP contribution in [0, 0.1) is 17.3 Å². The molecule has 0 spiro atoms. The van der Waals surface area contributed by atoms with Gasteiger partial charge in [-0.15, -0.1) is 0 Å². The first-order chi connectivity index (χ1) is 9.52. The fraction of sp³-hybridized carbons (Fsp3) is 0.875. The second-order valence-electron chi connectivity index (χ2n) is 6.03. The smallest absolute Gasteiger partial charge is 0.323 e. The van der Waals surface area contributed by atoms with E-state index in [1.54, 1.807) is 0 Å². The Labute approximate surface area is 122 Å². The van der Waals surface area contributed by atoms with E-state index in [1.165, 1.54) is 14.2 Å². The van der Waals surface area contributed by atoms with Crippen molar-refractivity contribution in [2.24, 2.45) is 17.3 Å². The quantitative estimate of drug-likeness (QED) is 0.531. The van der Waals surface area contributed by atoms with Gasteiger partial charge >= 0.3 is 11.9 Å². The fourth-order valence-electron chi connectivity index (χ4n) is 3.68. The maximum Gasteiger partial charge on any atom is 0.323 e. The van der Waals surface area contributed by atoms with Gasteiger partial charge in [0.15, 0.2) is 5.41 Å². The summed E-state index contributed by atoms with van der Waals surface area (Å²) < 4.78 is 9.98. The molecular formula is C16H28O4. The molecule has 116 valence electrons. The first kappa shape index (κ1) is 17.0. The Morgan fingerprint density at radius 3 is 2.05 bits per heavy atom. The summed E-state index contributed by atoms with van der Waals surface area (Å²) in [7, 11) is 2.72. The maximum atomic E-state index is 12.4. The number of hydrogen-bond acceptors (Lipinski definition) is 4. The molecule has 0 heterocycles. The third kappa shape index (κ3) is 3.33. The van der Waals surface area contributed by atoms with E-state index in [4.69, 9.17) is 9.47 Å². The number of methoxy groups -OCH3 is 2. The average molecular weight is 284 g/mol. The van der Waals surface area contributed by atoms with E-state index < -0.39 is 17.4 Å². The molecule has 0 aromatic rings. The van der Waals surface area contributed by atoms with E-state index >= 15 is 0 Å². The van der Waals surface area contributed by atoms with Crippen molar-refractivity contribution in [2.75, 3.05) is 14.2 Å². The molecule has 1 saturated carbocycles. The number of carbonyl (C=O) groups excluding carboxylic acids is 2. The van der Waals surface area contributed by atoms with Crippen LogP contribution in [0.15, 0.2) is 0 Å². The monoisotopic (exact) mass is 284 g/mol. The largest absolute Gasteiger partial charge is 0.468 e. The lowest BCUT2D eigenvalue weighted by Crippen LogP contribution is -2.47. The van der Waals surface area contributed by atoms with E-state index in [9.17, 15) is 9.59 Å². The summed E-state index contributed by atoms with van der Waals surface area (Å²) in [5, 5.41) is 0.